The van der Waals surface area contributed by atoms with E-state index in [2.05, 4.69) is 15.4 Å². The smallest absolute Gasteiger partial charge is 0.324 e. The number of hydrogen-bond acceptors (Lipinski definition) is 5. The van der Waals surface area contributed by atoms with Crippen LogP contribution in [-0.4, -0.2) is 44.3 Å². The van der Waals surface area contributed by atoms with Crippen molar-refractivity contribution in [3.63, 3.8) is 0 Å². The third kappa shape index (κ3) is 4.65. The van der Waals surface area contributed by atoms with E-state index in [1.54, 1.807) is 30.3 Å². The number of amides is 4. The molecule has 146 valence electrons. The molecule has 3 rings (SSSR count). The van der Waals surface area contributed by atoms with Crippen molar-refractivity contribution in [1.82, 2.24) is 10.2 Å². The van der Waals surface area contributed by atoms with Crippen LogP contribution in [0.2, 0.25) is 0 Å². The fourth-order valence-electron chi connectivity index (χ4n) is 2.55. The molecule has 1 aliphatic heterocycles. The Hall–Kier alpha value is -3.40. The van der Waals surface area contributed by atoms with E-state index in [0.717, 1.165) is 4.90 Å². The Morgan fingerprint density at radius 1 is 1.00 bits per heavy atom. The lowest BCUT2D eigenvalue weighted by molar-refractivity contribution is -0.125. The Kier molecular flexibility index (Phi) is 5.59. The molecule has 0 saturated carbocycles. The fourth-order valence-corrected chi connectivity index (χ4v) is 3.63. The number of anilines is 2. The van der Waals surface area contributed by atoms with E-state index in [-0.39, 0.29) is 36.2 Å². The maximum absolute atomic E-state index is 12.3. The largest absolute Gasteiger partial charge is 0.329 e. The summed E-state index contributed by atoms with van der Waals surface area (Å²) in [6, 6.07) is 13.6. The summed E-state index contributed by atoms with van der Waals surface area (Å²) >= 11 is 0. The van der Waals surface area contributed by atoms with Gasteiger partial charge < -0.3 is 10.6 Å². The van der Waals surface area contributed by atoms with Crippen molar-refractivity contribution in [2.45, 2.75) is 11.3 Å². The Balaban J connectivity index is 1.55. The molecule has 4 amide bonds. The number of nitrogens with one attached hydrogen (secondary N) is 3. The molecule has 0 radical (unpaired) electrons. The predicted molar refractivity (Wildman–Crippen MR) is 102 cm³/mol. The predicted octanol–water partition coefficient (Wildman–Crippen LogP) is 1.37. The summed E-state index contributed by atoms with van der Waals surface area (Å²) in [5, 5.41) is 5.01. The topological polar surface area (TPSA) is 125 Å². The molecule has 0 bridgehead atoms. The Labute approximate surface area is 161 Å². The zero-order chi connectivity index (χ0) is 20.1. The minimum absolute atomic E-state index is 0.00847. The average molecular weight is 402 g/mol. The van der Waals surface area contributed by atoms with Gasteiger partial charge in [0.1, 0.15) is 0 Å². The van der Waals surface area contributed by atoms with Crippen LogP contribution in [0, 0.1) is 0 Å². The molecule has 1 aliphatic rings. The lowest BCUT2D eigenvalue weighted by Gasteiger charge is -2.12. The molecular formula is C18H18N4O5S. The van der Waals surface area contributed by atoms with Gasteiger partial charge in [-0.15, -0.1) is 0 Å². The Bertz CT molecular complexity index is 974. The summed E-state index contributed by atoms with van der Waals surface area (Å²) < 4.78 is 27.0. The van der Waals surface area contributed by atoms with E-state index in [9.17, 15) is 22.8 Å². The second-order valence-electron chi connectivity index (χ2n) is 6.00. The number of nitrogens with zero attached hydrogens (tertiary/aromatic N) is 1. The van der Waals surface area contributed by atoms with Crippen LogP contribution in [0.5, 0.6) is 0 Å². The van der Waals surface area contributed by atoms with Gasteiger partial charge >= 0.3 is 6.03 Å². The number of sulfonamides is 1. The second-order valence-corrected chi connectivity index (χ2v) is 7.68. The molecule has 3 N–H and O–H groups in total. The fraction of sp³-hybridized carbons (Fsp3) is 0.167. The molecule has 2 aromatic carbocycles. The van der Waals surface area contributed by atoms with Crippen molar-refractivity contribution < 1.29 is 22.8 Å². The third-order valence-electron chi connectivity index (χ3n) is 3.97. The quantitative estimate of drug-likeness (QED) is 0.603. The van der Waals surface area contributed by atoms with Gasteiger partial charge in [0.15, 0.2) is 0 Å². The zero-order valence-corrected chi connectivity index (χ0v) is 15.5. The van der Waals surface area contributed by atoms with Crippen LogP contribution in [0.1, 0.15) is 6.42 Å². The van der Waals surface area contributed by atoms with Crippen LogP contribution in [0.15, 0.2) is 59.5 Å². The van der Waals surface area contributed by atoms with Crippen LogP contribution < -0.4 is 15.4 Å². The summed E-state index contributed by atoms with van der Waals surface area (Å²) in [4.78, 5) is 36.0. The molecule has 1 saturated heterocycles. The highest BCUT2D eigenvalue weighted by molar-refractivity contribution is 7.92. The first kappa shape index (κ1) is 19.4. The summed E-state index contributed by atoms with van der Waals surface area (Å²) in [5.41, 5.74) is 0.811. The first-order valence-electron chi connectivity index (χ1n) is 8.41. The SMILES string of the molecule is O=C(CCN1C(=O)CNC1=O)Nc1ccc(NS(=O)(=O)c2ccccc2)cc1. The highest BCUT2D eigenvalue weighted by Gasteiger charge is 2.28. The first-order valence-corrected chi connectivity index (χ1v) is 9.89. The molecule has 1 fully saturated rings. The molecular weight excluding hydrogens is 384 g/mol. The third-order valence-corrected chi connectivity index (χ3v) is 5.37. The first-order chi connectivity index (χ1) is 13.3. The van der Waals surface area contributed by atoms with Crippen molar-refractivity contribution in [1.29, 1.82) is 0 Å². The van der Waals surface area contributed by atoms with Gasteiger partial charge in [0, 0.05) is 24.3 Å². The van der Waals surface area contributed by atoms with Crippen LogP contribution in [0.4, 0.5) is 16.2 Å². The van der Waals surface area contributed by atoms with Gasteiger partial charge in [-0.1, -0.05) is 18.2 Å². The van der Waals surface area contributed by atoms with Crippen molar-refractivity contribution in [3.8, 4) is 0 Å². The van der Waals surface area contributed by atoms with Gasteiger partial charge in [0.2, 0.25) is 11.8 Å². The number of benzene rings is 2. The monoisotopic (exact) mass is 402 g/mol. The molecule has 2 aromatic rings. The maximum Gasteiger partial charge on any atom is 0.324 e. The minimum Gasteiger partial charge on any atom is -0.329 e. The van der Waals surface area contributed by atoms with Gasteiger partial charge in [-0.3, -0.25) is 19.2 Å². The number of urea groups is 1. The van der Waals surface area contributed by atoms with Gasteiger partial charge in [0.05, 0.1) is 11.4 Å². The molecule has 0 spiro atoms. The minimum atomic E-state index is -3.69. The Morgan fingerprint density at radius 3 is 2.25 bits per heavy atom. The van der Waals surface area contributed by atoms with Gasteiger partial charge in [-0.05, 0) is 36.4 Å². The highest BCUT2D eigenvalue weighted by Crippen LogP contribution is 2.18. The number of hydrogen-bond donors (Lipinski definition) is 3. The molecule has 9 nitrogen and oxygen atoms in total. The average Bonchev–Trinajstić information content (AvgIpc) is 3.00. The maximum atomic E-state index is 12.3. The van der Waals surface area contributed by atoms with Gasteiger partial charge in [-0.2, -0.15) is 0 Å². The van der Waals surface area contributed by atoms with Crippen LogP contribution >= 0.6 is 0 Å². The highest BCUT2D eigenvalue weighted by atomic mass is 32.2. The molecule has 0 atom stereocenters. The standard InChI is InChI=1S/C18H18N4O5S/c23-16(10-11-22-17(24)12-19-18(22)25)20-13-6-8-14(9-7-13)21-28(26,27)15-4-2-1-3-5-15/h1-9,21H,10-12H2,(H,19,25)(H,20,23). The second kappa shape index (κ2) is 8.09. The van der Waals surface area contributed by atoms with Crippen LogP contribution in [-0.2, 0) is 19.6 Å². The number of imide groups is 1. The molecule has 0 aliphatic carbocycles. The van der Waals surface area contributed by atoms with E-state index >= 15 is 0 Å². The Morgan fingerprint density at radius 2 is 1.64 bits per heavy atom. The van der Waals surface area contributed by atoms with Crippen molar-refractivity contribution in [3.05, 3.63) is 54.6 Å². The summed E-state index contributed by atoms with van der Waals surface area (Å²) in [7, 11) is -3.69. The van der Waals surface area contributed by atoms with Gasteiger partial charge in [-0.25, -0.2) is 13.2 Å². The van der Waals surface area contributed by atoms with E-state index < -0.39 is 16.1 Å². The van der Waals surface area contributed by atoms with Crippen molar-refractivity contribution >= 4 is 39.2 Å². The number of carbonyl (C=O) groups is 3. The normalized spacial score (nSPS) is 13.9. The van der Waals surface area contributed by atoms with Crippen molar-refractivity contribution in [2.24, 2.45) is 0 Å². The summed E-state index contributed by atoms with van der Waals surface area (Å²) in [6.45, 7) is -0.0632. The van der Waals surface area contributed by atoms with E-state index in [0.29, 0.717) is 11.4 Å². The van der Waals surface area contributed by atoms with E-state index in [1.165, 1.54) is 24.3 Å². The van der Waals surface area contributed by atoms with Crippen LogP contribution in [0.25, 0.3) is 0 Å². The summed E-state index contributed by atoms with van der Waals surface area (Å²) in [5.74, 6) is -0.738. The summed E-state index contributed by atoms with van der Waals surface area (Å²) in [6.07, 6.45) is -0.0401. The molecule has 0 aromatic heterocycles. The lowest BCUT2D eigenvalue weighted by Crippen LogP contribution is -2.33. The number of carbonyl (C=O) groups excluding carboxylic acids is 3. The van der Waals surface area contributed by atoms with Gasteiger partial charge in [0.25, 0.3) is 10.0 Å². The molecule has 10 heteroatoms. The number of rotatable bonds is 7. The molecule has 0 unspecified atom stereocenters. The van der Waals surface area contributed by atoms with E-state index in [1.807, 2.05) is 0 Å². The zero-order valence-electron chi connectivity index (χ0n) is 14.7. The van der Waals surface area contributed by atoms with E-state index in [4.69, 9.17) is 0 Å². The molecule has 1 heterocycles. The molecule has 28 heavy (non-hydrogen) atoms. The lowest BCUT2D eigenvalue weighted by atomic mass is 10.2. The van der Waals surface area contributed by atoms with Crippen molar-refractivity contribution in [2.75, 3.05) is 23.1 Å². The van der Waals surface area contributed by atoms with Crippen LogP contribution in [0.3, 0.4) is 0 Å².